The number of ether oxygens (including phenoxy) is 1. The van der Waals surface area contributed by atoms with Gasteiger partial charge in [-0.05, 0) is 64.6 Å². The lowest BCUT2D eigenvalue weighted by Crippen LogP contribution is -2.48. The van der Waals surface area contributed by atoms with Gasteiger partial charge in [-0.25, -0.2) is 4.79 Å². The van der Waals surface area contributed by atoms with E-state index in [1.165, 1.54) is 11.1 Å². The number of nitrogens with zero attached hydrogens (tertiary/aromatic N) is 1. The molecule has 1 aliphatic heterocycles. The van der Waals surface area contributed by atoms with Gasteiger partial charge in [0.2, 0.25) is 0 Å². The van der Waals surface area contributed by atoms with Crippen molar-refractivity contribution < 1.29 is 9.53 Å². The molecule has 1 heterocycles. The van der Waals surface area contributed by atoms with Gasteiger partial charge >= 0.3 is 6.09 Å². The average molecular weight is 304 g/mol. The minimum atomic E-state index is -0.486. The average Bonchev–Trinajstić information content (AvgIpc) is 2.82. The summed E-state index contributed by atoms with van der Waals surface area (Å²) in [4.78, 5) is 14.6. The van der Waals surface area contributed by atoms with Crippen LogP contribution in [0, 0.1) is 6.92 Å². The van der Waals surface area contributed by atoms with Crippen LogP contribution in [0.5, 0.6) is 0 Å². The molecule has 4 heteroatoms. The minimum absolute atomic E-state index is 0.235. The number of likely N-dealkylation sites (tertiary alicyclic amines) is 1. The van der Waals surface area contributed by atoms with E-state index in [2.05, 4.69) is 19.1 Å². The zero-order valence-electron chi connectivity index (χ0n) is 14.2. The second-order valence-electron chi connectivity index (χ2n) is 7.12. The van der Waals surface area contributed by atoms with Gasteiger partial charge in [-0.1, -0.05) is 24.3 Å². The first-order chi connectivity index (χ1) is 10.3. The number of carbonyl (C=O) groups is 1. The van der Waals surface area contributed by atoms with Crippen molar-refractivity contribution in [2.45, 2.75) is 58.1 Å². The van der Waals surface area contributed by atoms with Crippen LogP contribution < -0.4 is 5.73 Å². The number of carbonyl (C=O) groups excluding carboxylic acids is 1. The van der Waals surface area contributed by atoms with Crippen molar-refractivity contribution in [1.82, 2.24) is 4.90 Å². The monoisotopic (exact) mass is 304 g/mol. The third-order valence-corrected chi connectivity index (χ3v) is 4.31. The third kappa shape index (κ3) is 3.27. The Morgan fingerprint density at radius 1 is 1.36 bits per heavy atom. The van der Waals surface area contributed by atoms with Gasteiger partial charge in [0.05, 0.1) is 5.54 Å². The zero-order valence-corrected chi connectivity index (χ0v) is 14.2. The van der Waals surface area contributed by atoms with Crippen LogP contribution in [0.4, 0.5) is 4.79 Å². The van der Waals surface area contributed by atoms with E-state index >= 15 is 0 Å². The highest BCUT2D eigenvalue weighted by Gasteiger charge is 2.46. The van der Waals surface area contributed by atoms with Crippen LogP contribution >= 0.6 is 0 Å². The second kappa shape index (κ2) is 6.29. The first-order valence-corrected chi connectivity index (χ1v) is 8.07. The summed E-state index contributed by atoms with van der Waals surface area (Å²) in [6, 6.07) is 8.28. The topological polar surface area (TPSA) is 55.6 Å². The summed E-state index contributed by atoms with van der Waals surface area (Å²) in [5.74, 6) is 0. The molecule has 4 nitrogen and oxygen atoms in total. The highest BCUT2D eigenvalue weighted by Crippen LogP contribution is 2.43. The van der Waals surface area contributed by atoms with Crippen LogP contribution in [0.3, 0.4) is 0 Å². The lowest BCUT2D eigenvalue weighted by atomic mass is 9.82. The quantitative estimate of drug-likeness (QED) is 0.928. The van der Waals surface area contributed by atoms with Gasteiger partial charge in [0, 0.05) is 6.54 Å². The van der Waals surface area contributed by atoms with Crippen molar-refractivity contribution in [1.29, 1.82) is 0 Å². The fourth-order valence-electron chi connectivity index (χ4n) is 3.47. The standard InChI is InChI=1S/C18H28N2O2/c1-14-8-5-6-9-15(14)18(11-12-19)10-7-13-20(18)16(21)22-17(2,3)4/h5-6,8-9H,7,10-13,19H2,1-4H3. The van der Waals surface area contributed by atoms with Gasteiger partial charge in [0.25, 0.3) is 0 Å². The highest BCUT2D eigenvalue weighted by molar-refractivity contribution is 5.70. The summed E-state index contributed by atoms with van der Waals surface area (Å²) in [6.45, 7) is 9.08. The van der Waals surface area contributed by atoms with Gasteiger partial charge in [-0.3, -0.25) is 4.90 Å². The Bertz CT molecular complexity index is 536. The summed E-state index contributed by atoms with van der Waals surface area (Å²) in [7, 11) is 0. The highest BCUT2D eigenvalue weighted by atomic mass is 16.6. The predicted octanol–water partition coefficient (Wildman–Crippen LogP) is 3.57. The molecule has 0 bridgehead atoms. The molecule has 0 radical (unpaired) electrons. The maximum atomic E-state index is 12.7. The van der Waals surface area contributed by atoms with E-state index in [1.807, 2.05) is 37.8 Å². The van der Waals surface area contributed by atoms with E-state index < -0.39 is 5.60 Å². The van der Waals surface area contributed by atoms with Gasteiger partial charge in [-0.2, -0.15) is 0 Å². The first kappa shape index (κ1) is 16.8. The van der Waals surface area contributed by atoms with E-state index in [1.54, 1.807) is 0 Å². The fraction of sp³-hybridized carbons (Fsp3) is 0.611. The molecule has 22 heavy (non-hydrogen) atoms. The molecule has 0 aliphatic carbocycles. The van der Waals surface area contributed by atoms with E-state index in [9.17, 15) is 4.79 Å². The molecule has 122 valence electrons. The SMILES string of the molecule is Cc1ccccc1C1(CCN)CCCN1C(=O)OC(C)(C)C. The minimum Gasteiger partial charge on any atom is -0.444 e. The molecule has 0 aromatic heterocycles. The molecule has 1 fully saturated rings. The van der Waals surface area contributed by atoms with Crippen molar-refractivity contribution >= 4 is 6.09 Å². The predicted molar refractivity (Wildman–Crippen MR) is 88.7 cm³/mol. The van der Waals surface area contributed by atoms with Gasteiger partial charge < -0.3 is 10.5 Å². The lowest BCUT2D eigenvalue weighted by molar-refractivity contribution is 0.00550. The molecule has 1 amide bonds. The molecule has 0 saturated carbocycles. The number of rotatable bonds is 3. The number of nitrogens with two attached hydrogens (primary N) is 1. The van der Waals surface area contributed by atoms with Crippen molar-refractivity contribution in [2.24, 2.45) is 5.73 Å². The summed E-state index contributed by atoms with van der Waals surface area (Å²) >= 11 is 0. The number of hydrogen-bond acceptors (Lipinski definition) is 3. The Labute approximate surface area is 133 Å². The third-order valence-electron chi connectivity index (χ3n) is 4.31. The molecular weight excluding hydrogens is 276 g/mol. The number of hydrogen-bond donors (Lipinski definition) is 1. The van der Waals surface area contributed by atoms with Crippen molar-refractivity contribution in [2.75, 3.05) is 13.1 Å². The normalized spacial score (nSPS) is 22.0. The summed E-state index contributed by atoms with van der Waals surface area (Å²) in [5.41, 5.74) is 7.47. The van der Waals surface area contributed by atoms with Crippen molar-refractivity contribution in [3.63, 3.8) is 0 Å². The number of benzene rings is 1. The van der Waals surface area contributed by atoms with E-state index in [0.29, 0.717) is 6.54 Å². The maximum absolute atomic E-state index is 12.7. The molecule has 2 rings (SSSR count). The van der Waals surface area contributed by atoms with Crippen LogP contribution in [0.2, 0.25) is 0 Å². The van der Waals surface area contributed by atoms with Gasteiger partial charge in [0.15, 0.2) is 0 Å². The van der Waals surface area contributed by atoms with Crippen LogP contribution in [-0.4, -0.2) is 29.7 Å². The Hall–Kier alpha value is -1.55. The van der Waals surface area contributed by atoms with Crippen LogP contribution in [0.15, 0.2) is 24.3 Å². The fourth-order valence-corrected chi connectivity index (χ4v) is 3.47. The Morgan fingerprint density at radius 3 is 2.64 bits per heavy atom. The molecule has 1 aromatic carbocycles. The Morgan fingerprint density at radius 2 is 2.05 bits per heavy atom. The molecule has 1 atom stereocenters. The molecule has 2 N–H and O–H groups in total. The van der Waals surface area contributed by atoms with Crippen molar-refractivity contribution in [3.05, 3.63) is 35.4 Å². The zero-order chi connectivity index (χ0) is 16.4. The first-order valence-electron chi connectivity index (χ1n) is 8.07. The van der Waals surface area contributed by atoms with E-state index in [-0.39, 0.29) is 11.6 Å². The number of amides is 1. The largest absolute Gasteiger partial charge is 0.444 e. The molecule has 1 saturated heterocycles. The number of aryl methyl sites for hydroxylation is 1. The Kier molecular flexibility index (Phi) is 4.81. The van der Waals surface area contributed by atoms with Gasteiger partial charge in [-0.15, -0.1) is 0 Å². The smallest absolute Gasteiger partial charge is 0.411 e. The Balaban J connectivity index is 2.40. The van der Waals surface area contributed by atoms with Crippen LogP contribution in [-0.2, 0) is 10.3 Å². The van der Waals surface area contributed by atoms with E-state index in [4.69, 9.17) is 10.5 Å². The van der Waals surface area contributed by atoms with Gasteiger partial charge in [0.1, 0.15) is 5.60 Å². The maximum Gasteiger partial charge on any atom is 0.411 e. The lowest BCUT2D eigenvalue weighted by Gasteiger charge is -2.40. The van der Waals surface area contributed by atoms with Crippen LogP contribution in [0.25, 0.3) is 0 Å². The molecular formula is C18H28N2O2. The summed E-state index contributed by atoms with van der Waals surface area (Å²) in [6.07, 6.45) is 2.44. The summed E-state index contributed by atoms with van der Waals surface area (Å²) in [5, 5.41) is 0. The van der Waals surface area contributed by atoms with Crippen LogP contribution in [0.1, 0.15) is 51.2 Å². The molecule has 1 aromatic rings. The summed E-state index contributed by atoms with van der Waals surface area (Å²) < 4.78 is 5.63. The second-order valence-corrected chi connectivity index (χ2v) is 7.12. The molecule has 1 unspecified atom stereocenters. The van der Waals surface area contributed by atoms with Crippen molar-refractivity contribution in [3.8, 4) is 0 Å². The van der Waals surface area contributed by atoms with E-state index in [0.717, 1.165) is 25.8 Å². The molecule has 0 spiro atoms. The molecule has 1 aliphatic rings.